The number of rotatable bonds is 6. The maximum absolute atomic E-state index is 12.9. The first-order chi connectivity index (χ1) is 14.1. The first-order valence-electron chi connectivity index (χ1n) is 10.5. The predicted molar refractivity (Wildman–Crippen MR) is 125 cm³/mol. The summed E-state index contributed by atoms with van der Waals surface area (Å²) in [5.41, 5.74) is 6.36. The standard InChI is InChI=1S/C24H31N3O3.ClH/c1-24(2,3)15-21(28)27-12-6-9-20(27)23(30)26-19(22(25)29)14-16-10-11-17-7-4-5-8-18(17)13-16;/h4-5,7-8,10-11,13,19-20H,6,9,12,14-15H2,1-3H3,(H2,25,29)(H,26,30);1H/t19?,20-;/m0./s1. The fraction of sp³-hybridized carbons (Fsp3) is 0.458. The lowest BCUT2D eigenvalue weighted by atomic mass is 9.91. The van der Waals surface area contributed by atoms with Gasteiger partial charge in [-0.15, -0.1) is 12.4 Å². The Morgan fingerprint density at radius 1 is 1.13 bits per heavy atom. The third-order valence-electron chi connectivity index (χ3n) is 5.47. The molecule has 2 aromatic rings. The van der Waals surface area contributed by atoms with Gasteiger partial charge in [0.15, 0.2) is 0 Å². The maximum atomic E-state index is 12.9. The van der Waals surface area contributed by atoms with Gasteiger partial charge in [0.2, 0.25) is 17.7 Å². The van der Waals surface area contributed by atoms with E-state index in [0.29, 0.717) is 25.8 Å². The number of primary amides is 1. The lowest BCUT2D eigenvalue weighted by Gasteiger charge is -2.28. The number of amides is 3. The molecule has 0 bridgehead atoms. The Morgan fingerprint density at radius 2 is 1.81 bits per heavy atom. The molecule has 2 atom stereocenters. The number of hydrogen-bond acceptors (Lipinski definition) is 3. The number of carbonyl (C=O) groups excluding carboxylic acids is 3. The lowest BCUT2D eigenvalue weighted by Crippen LogP contribution is -2.53. The van der Waals surface area contributed by atoms with Gasteiger partial charge in [-0.1, -0.05) is 63.2 Å². The van der Waals surface area contributed by atoms with Crippen LogP contribution in [-0.4, -0.2) is 41.2 Å². The molecular formula is C24H32ClN3O3. The minimum Gasteiger partial charge on any atom is -0.368 e. The number of carbonyl (C=O) groups is 3. The Hall–Kier alpha value is -2.60. The van der Waals surface area contributed by atoms with E-state index in [-0.39, 0.29) is 29.6 Å². The monoisotopic (exact) mass is 445 g/mol. The van der Waals surface area contributed by atoms with E-state index in [1.807, 2.05) is 63.2 Å². The summed E-state index contributed by atoms with van der Waals surface area (Å²) in [6.45, 7) is 6.58. The summed E-state index contributed by atoms with van der Waals surface area (Å²) >= 11 is 0. The Labute approximate surface area is 190 Å². The number of nitrogens with one attached hydrogen (secondary N) is 1. The third kappa shape index (κ3) is 6.44. The van der Waals surface area contributed by atoms with Crippen LogP contribution in [0, 0.1) is 5.41 Å². The van der Waals surface area contributed by atoms with E-state index >= 15 is 0 Å². The molecule has 3 N–H and O–H groups in total. The molecule has 1 saturated heterocycles. The van der Waals surface area contributed by atoms with Gasteiger partial charge in [-0.25, -0.2) is 0 Å². The van der Waals surface area contributed by atoms with E-state index < -0.39 is 18.0 Å². The second kappa shape index (κ2) is 10.1. The molecule has 6 nitrogen and oxygen atoms in total. The molecule has 1 aliphatic rings. The minimum atomic E-state index is -0.821. The highest BCUT2D eigenvalue weighted by atomic mass is 35.5. The van der Waals surface area contributed by atoms with Crippen molar-refractivity contribution in [3.63, 3.8) is 0 Å². The van der Waals surface area contributed by atoms with Crippen molar-refractivity contribution < 1.29 is 14.4 Å². The summed E-state index contributed by atoms with van der Waals surface area (Å²) in [7, 11) is 0. The highest BCUT2D eigenvalue weighted by Crippen LogP contribution is 2.25. The maximum Gasteiger partial charge on any atom is 0.243 e. The number of halogens is 1. The Kier molecular flexibility index (Phi) is 8.07. The molecule has 7 heteroatoms. The molecule has 3 amide bonds. The van der Waals surface area contributed by atoms with Crippen LogP contribution in [-0.2, 0) is 20.8 Å². The van der Waals surface area contributed by atoms with Crippen LogP contribution in [0.5, 0.6) is 0 Å². The SMILES string of the molecule is CC(C)(C)CC(=O)N1CCC[C@H]1C(=O)NC(Cc1ccc2ccccc2c1)C(N)=O.Cl. The zero-order chi connectivity index (χ0) is 21.9. The lowest BCUT2D eigenvalue weighted by molar-refractivity contribution is -0.140. The largest absolute Gasteiger partial charge is 0.368 e. The number of likely N-dealkylation sites (tertiary alicyclic amines) is 1. The van der Waals surface area contributed by atoms with Crippen LogP contribution in [0.25, 0.3) is 10.8 Å². The quantitative estimate of drug-likeness (QED) is 0.715. The Bertz CT molecular complexity index is 954. The number of hydrogen-bond donors (Lipinski definition) is 2. The molecule has 168 valence electrons. The van der Waals surface area contributed by atoms with Crippen molar-refractivity contribution in [1.82, 2.24) is 10.2 Å². The van der Waals surface area contributed by atoms with Gasteiger partial charge in [0.25, 0.3) is 0 Å². The number of nitrogens with two attached hydrogens (primary N) is 1. The third-order valence-corrected chi connectivity index (χ3v) is 5.47. The van der Waals surface area contributed by atoms with E-state index in [9.17, 15) is 14.4 Å². The molecule has 1 heterocycles. The van der Waals surface area contributed by atoms with Gasteiger partial charge in [0, 0.05) is 19.4 Å². The zero-order valence-electron chi connectivity index (χ0n) is 18.4. The molecule has 0 aromatic heterocycles. The van der Waals surface area contributed by atoms with Gasteiger partial charge in [0.1, 0.15) is 12.1 Å². The van der Waals surface area contributed by atoms with E-state index in [2.05, 4.69) is 5.32 Å². The van der Waals surface area contributed by atoms with E-state index in [1.165, 1.54) is 0 Å². The second-order valence-corrected chi connectivity index (χ2v) is 9.33. The summed E-state index contributed by atoms with van der Waals surface area (Å²) in [6.07, 6.45) is 2.07. The number of benzene rings is 2. The van der Waals surface area contributed by atoms with Crippen molar-refractivity contribution in [2.24, 2.45) is 11.1 Å². The molecule has 0 saturated carbocycles. The van der Waals surface area contributed by atoms with Crippen molar-refractivity contribution in [2.45, 2.75) is 58.5 Å². The van der Waals surface area contributed by atoms with Gasteiger partial charge < -0.3 is 16.0 Å². The predicted octanol–water partition coefficient (Wildman–Crippen LogP) is 3.20. The van der Waals surface area contributed by atoms with Crippen LogP contribution in [0.1, 0.15) is 45.6 Å². The summed E-state index contributed by atoms with van der Waals surface area (Å²) in [6, 6.07) is 12.5. The molecule has 1 aliphatic heterocycles. The van der Waals surface area contributed by atoms with Crippen molar-refractivity contribution in [3.05, 3.63) is 48.0 Å². The first-order valence-corrected chi connectivity index (χ1v) is 10.5. The average molecular weight is 446 g/mol. The Morgan fingerprint density at radius 3 is 2.45 bits per heavy atom. The van der Waals surface area contributed by atoms with Gasteiger partial charge >= 0.3 is 0 Å². The van der Waals surface area contributed by atoms with Gasteiger partial charge in [-0.05, 0) is 34.6 Å². The summed E-state index contributed by atoms with van der Waals surface area (Å²) in [5, 5.41) is 4.98. The molecular weight excluding hydrogens is 414 g/mol. The van der Waals surface area contributed by atoms with E-state index in [4.69, 9.17) is 5.73 Å². The fourth-order valence-electron chi connectivity index (χ4n) is 3.99. The van der Waals surface area contributed by atoms with E-state index in [1.54, 1.807) is 4.90 Å². The molecule has 31 heavy (non-hydrogen) atoms. The fourth-order valence-corrected chi connectivity index (χ4v) is 3.99. The van der Waals surface area contributed by atoms with Crippen LogP contribution < -0.4 is 11.1 Å². The van der Waals surface area contributed by atoms with E-state index in [0.717, 1.165) is 22.8 Å². The van der Waals surface area contributed by atoms with Crippen molar-refractivity contribution >= 4 is 40.9 Å². The topological polar surface area (TPSA) is 92.5 Å². The number of nitrogens with zero attached hydrogens (tertiary/aromatic N) is 1. The summed E-state index contributed by atoms with van der Waals surface area (Å²) in [5.74, 6) is -0.910. The Balaban J connectivity index is 0.00000341. The molecule has 1 fully saturated rings. The molecule has 3 rings (SSSR count). The highest BCUT2D eigenvalue weighted by Gasteiger charge is 2.36. The van der Waals surface area contributed by atoms with Crippen molar-refractivity contribution in [1.29, 1.82) is 0 Å². The molecule has 1 unspecified atom stereocenters. The van der Waals surface area contributed by atoms with Crippen LogP contribution in [0.3, 0.4) is 0 Å². The average Bonchev–Trinajstić information content (AvgIpc) is 3.16. The molecule has 0 radical (unpaired) electrons. The smallest absolute Gasteiger partial charge is 0.243 e. The van der Waals surface area contributed by atoms with Crippen LogP contribution in [0.15, 0.2) is 42.5 Å². The number of fused-ring (bicyclic) bond motifs is 1. The van der Waals surface area contributed by atoms with Crippen LogP contribution in [0.4, 0.5) is 0 Å². The molecule has 0 spiro atoms. The highest BCUT2D eigenvalue weighted by molar-refractivity contribution is 5.92. The first kappa shape index (κ1) is 24.7. The molecule has 0 aliphatic carbocycles. The van der Waals surface area contributed by atoms with Gasteiger partial charge in [-0.2, -0.15) is 0 Å². The summed E-state index contributed by atoms with van der Waals surface area (Å²) < 4.78 is 0. The minimum absolute atomic E-state index is 0. The van der Waals surface area contributed by atoms with Gasteiger partial charge in [-0.3, -0.25) is 14.4 Å². The van der Waals surface area contributed by atoms with Crippen LogP contribution in [0.2, 0.25) is 0 Å². The summed E-state index contributed by atoms with van der Waals surface area (Å²) in [4.78, 5) is 39.3. The van der Waals surface area contributed by atoms with Crippen LogP contribution >= 0.6 is 12.4 Å². The van der Waals surface area contributed by atoms with Crippen molar-refractivity contribution in [3.8, 4) is 0 Å². The van der Waals surface area contributed by atoms with Gasteiger partial charge in [0.05, 0.1) is 0 Å². The molecule has 2 aromatic carbocycles. The van der Waals surface area contributed by atoms with Crippen molar-refractivity contribution in [2.75, 3.05) is 6.54 Å². The zero-order valence-corrected chi connectivity index (χ0v) is 19.2. The second-order valence-electron chi connectivity index (χ2n) is 9.33. The normalized spacial score (nSPS) is 17.1.